The molecule has 0 bridgehead atoms. The number of aliphatic carboxylic acids is 1. The maximum atomic E-state index is 10.8. The molecule has 6 heteroatoms. The number of halogens is 1. The summed E-state index contributed by atoms with van der Waals surface area (Å²) in [4.78, 5) is 20.9. The Bertz CT molecular complexity index is 174. The third kappa shape index (κ3) is 7.55. The average molecular weight is 212 g/mol. The quantitative estimate of drug-likeness (QED) is 0.633. The first-order valence-corrected chi connectivity index (χ1v) is 3.72. The molecule has 0 rings (SSSR count). The number of carbonyl (C=O) groups is 2. The van der Waals surface area contributed by atoms with Gasteiger partial charge >= 0.3 is 11.9 Å². The zero-order valence-electron chi connectivity index (χ0n) is 7.36. The lowest BCUT2D eigenvalue weighted by Gasteiger charge is -2.07. The van der Waals surface area contributed by atoms with Crippen LogP contribution in [0, 0.1) is 0 Å². The van der Waals surface area contributed by atoms with E-state index in [1.54, 1.807) is 6.92 Å². The molecule has 0 aliphatic rings. The minimum absolute atomic E-state index is 0. The summed E-state index contributed by atoms with van der Waals surface area (Å²) in [7, 11) is 0. The van der Waals surface area contributed by atoms with Crippen LogP contribution in [0.3, 0.4) is 0 Å². The van der Waals surface area contributed by atoms with E-state index in [0.717, 1.165) is 0 Å². The van der Waals surface area contributed by atoms with Crippen LogP contribution in [0.25, 0.3) is 0 Å². The van der Waals surface area contributed by atoms with Crippen molar-refractivity contribution in [3.63, 3.8) is 0 Å². The van der Waals surface area contributed by atoms with E-state index in [0.29, 0.717) is 0 Å². The molecule has 0 radical (unpaired) electrons. The Morgan fingerprint density at radius 2 is 2.08 bits per heavy atom. The summed E-state index contributed by atoms with van der Waals surface area (Å²) in [6.07, 6.45) is 0.00808. The van der Waals surface area contributed by atoms with Crippen molar-refractivity contribution in [1.82, 2.24) is 0 Å². The van der Waals surface area contributed by atoms with E-state index in [1.807, 2.05) is 0 Å². The standard InChI is InChI=1S/C7H13NO4.ClH/c1-2-12-7(11)5(8)3-4-6(9)10;/h5H,2-4,8H2,1H3,(H,9,10);1H. The van der Waals surface area contributed by atoms with E-state index < -0.39 is 18.0 Å². The fourth-order valence-electron chi connectivity index (χ4n) is 0.646. The summed E-state index contributed by atoms with van der Waals surface area (Å²) in [5, 5.41) is 8.27. The molecular weight excluding hydrogens is 198 g/mol. The number of esters is 1. The molecule has 0 heterocycles. The van der Waals surface area contributed by atoms with Crippen LogP contribution in [-0.4, -0.2) is 29.7 Å². The van der Waals surface area contributed by atoms with Gasteiger partial charge in [-0.25, -0.2) is 0 Å². The Morgan fingerprint density at radius 3 is 2.46 bits per heavy atom. The first kappa shape index (κ1) is 14.7. The van der Waals surface area contributed by atoms with Crippen molar-refractivity contribution >= 4 is 24.3 Å². The molecule has 0 saturated carbocycles. The van der Waals surface area contributed by atoms with Gasteiger partial charge in [0.25, 0.3) is 0 Å². The molecule has 0 aromatic heterocycles. The predicted molar refractivity (Wildman–Crippen MR) is 48.7 cm³/mol. The summed E-state index contributed by atoms with van der Waals surface area (Å²) in [5.41, 5.74) is 5.31. The van der Waals surface area contributed by atoms with Crippen LogP contribution in [0.15, 0.2) is 0 Å². The van der Waals surface area contributed by atoms with Crippen LogP contribution in [-0.2, 0) is 14.3 Å². The SMILES string of the molecule is CCOC(=O)C(N)CCC(=O)O.Cl. The zero-order valence-corrected chi connectivity index (χ0v) is 8.17. The van der Waals surface area contributed by atoms with Crippen LogP contribution in [0.1, 0.15) is 19.8 Å². The molecular formula is C7H14ClNO4. The molecule has 0 aliphatic carbocycles. The number of ether oxygens (including phenoxy) is 1. The van der Waals surface area contributed by atoms with E-state index in [4.69, 9.17) is 10.8 Å². The molecule has 78 valence electrons. The highest BCUT2D eigenvalue weighted by Crippen LogP contribution is 1.96. The third-order valence-electron chi connectivity index (χ3n) is 1.26. The molecule has 0 fully saturated rings. The molecule has 5 nitrogen and oxygen atoms in total. The second-order valence-corrected chi connectivity index (χ2v) is 2.29. The lowest BCUT2D eigenvalue weighted by molar-refractivity contribution is -0.145. The number of carboxylic acids is 1. The molecule has 0 aromatic carbocycles. The fourth-order valence-corrected chi connectivity index (χ4v) is 0.646. The predicted octanol–water partition coefficient (Wildman–Crippen LogP) is 0.163. The maximum Gasteiger partial charge on any atom is 0.322 e. The molecule has 1 atom stereocenters. The number of carboxylic acid groups (broad SMARTS) is 1. The third-order valence-corrected chi connectivity index (χ3v) is 1.26. The Hall–Kier alpha value is -0.810. The molecule has 0 amide bonds. The summed E-state index contributed by atoms with van der Waals surface area (Å²) >= 11 is 0. The molecule has 13 heavy (non-hydrogen) atoms. The van der Waals surface area contributed by atoms with E-state index in [1.165, 1.54) is 0 Å². The van der Waals surface area contributed by atoms with Gasteiger partial charge in [-0.3, -0.25) is 9.59 Å². The summed E-state index contributed by atoms with van der Waals surface area (Å²) < 4.78 is 4.58. The minimum atomic E-state index is -0.963. The van der Waals surface area contributed by atoms with E-state index in [2.05, 4.69) is 4.74 Å². The molecule has 1 unspecified atom stereocenters. The first-order valence-electron chi connectivity index (χ1n) is 3.72. The number of hydrogen-bond donors (Lipinski definition) is 2. The molecule has 3 N–H and O–H groups in total. The second kappa shape index (κ2) is 7.82. The molecule has 0 spiro atoms. The lowest BCUT2D eigenvalue weighted by Crippen LogP contribution is -2.32. The van der Waals surface area contributed by atoms with Crippen LogP contribution in [0.5, 0.6) is 0 Å². The van der Waals surface area contributed by atoms with E-state index in [-0.39, 0.29) is 31.9 Å². The minimum Gasteiger partial charge on any atom is -0.481 e. The van der Waals surface area contributed by atoms with Crippen molar-refractivity contribution < 1.29 is 19.4 Å². The monoisotopic (exact) mass is 211 g/mol. The van der Waals surface area contributed by atoms with Crippen molar-refractivity contribution in [2.24, 2.45) is 5.73 Å². The van der Waals surface area contributed by atoms with Crippen molar-refractivity contribution in [2.75, 3.05) is 6.61 Å². The van der Waals surface area contributed by atoms with Crippen molar-refractivity contribution in [1.29, 1.82) is 0 Å². The van der Waals surface area contributed by atoms with Gasteiger partial charge < -0.3 is 15.6 Å². The van der Waals surface area contributed by atoms with Crippen LogP contribution >= 0.6 is 12.4 Å². The average Bonchev–Trinajstić information content (AvgIpc) is 2.00. The normalized spacial score (nSPS) is 11.2. The summed E-state index contributed by atoms with van der Waals surface area (Å²) in [6, 6.07) is -0.818. The second-order valence-electron chi connectivity index (χ2n) is 2.29. The highest BCUT2D eigenvalue weighted by atomic mass is 35.5. The van der Waals surface area contributed by atoms with Crippen LogP contribution < -0.4 is 5.73 Å². The van der Waals surface area contributed by atoms with Gasteiger partial charge in [0, 0.05) is 6.42 Å². The Morgan fingerprint density at radius 1 is 1.54 bits per heavy atom. The van der Waals surface area contributed by atoms with E-state index >= 15 is 0 Å². The largest absolute Gasteiger partial charge is 0.481 e. The Kier molecular flexibility index (Phi) is 8.84. The van der Waals surface area contributed by atoms with Crippen molar-refractivity contribution in [3.8, 4) is 0 Å². The smallest absolute Gasteiger partial charge is 0.322 e. The summed E-state index contributed by atoms with van der Waals surface area (Å²) in [5.74, 6) is -1.51. The molecule has 0 saturated heterocycles. The van der Waals surface area contributed by atoms with Crippen molar-refractivity contribution in [3.05, 3.63) is 0 Å². The summed E-state index contributed by atoms with van der Waals surface area (Å²) in [6.45, 7) is 1.93. The fraction of sp³-hybridized carbons (Fsp3) is 0.714. The van der Waals surface area contributed by atoms with Gasteiger partial charge in [0.1, 0.15) is 6.04 Å². The topological polar surface area (TPSA) is 89.6 Å². The molecule has 0 aromatic rings. The van der Waals surface area contributed by atoms with E-state index in [9.17, 15) is 9.59 Å². The first-order chi connectivity index (χ1) is 5.57. The maximum absolute atomic E-state index is 10.8. The zero-order chi connectivity index (χ0) is 9.56. The number of carbonyl (C=O) groups excluding carboxylic acids is 1. The Labute approximate surface area is 82.7 Å². The van der Waals surface area contributed by atoms with Gasteiger partial charge in [-0.1, -0.05) is 0 Å². The highest BCUT2D eigenvalue weighted by Gasteiger charge is 2.15. The Balaban J connectivity index is 0. The van der Waals surface area contributed by atoms with Crippen molar-refractivity contribution in [2.45, 2.75) is 25.8 Å². The molecule has 0 aliphatic heterocycles. The van der Waals surface area contributed by atoms with Crippen LogP contribution in [0.2, 0.25) is 0 Å². The van der Waals surface area contributed by atoms with Gasteiger partial charge in [0.15, 0.2) is 0 Å². The van der Waals surface area contributed by atoms with Crippen LogP contribution in [0.4, 0.5) is 0 Å². The van der Waals surface area contributed by atoms with Gasteiger partial charge in [0.05, 0.1) is 6.61 Å². The highest BCUT2D eigenvalue weighted by molar-refractivity contribution is 5.85. The number of hydrogen-bond acceptors (Lipinski definition) is 4. The lowest BCUT2D eigenvalue weighted by atomic mass is 10.2. The van der Waals surface area contributed by atoms with Gasteiger partial charge in [-0.2, -0.15) is 0 Å². The van der Waals surface area contributed by atoms with Gasteiger partial charge in [-0.05, 0) is 13.3 Å². The van der Waals surface area contributed by atoms with Gasteiger partial charge in [-0.15, -0.1) is 12.4 Å². The number of rotatable bonds is 5. The van der Waals surface area contributed by atoms with Gasteiger partial charge in [0.2, 0.25) is 0 Å². The number of nitrogens with two attached hydrogens (primary N) is 1.